The van der Waals surface area contributed by atoms with Gasteiger partial charge in [0.25, 0.3) is 0 Å². The Morgan fingerprint density at radius 3 is 2.59 bits per heavy atom. The van der Waals surface area contributed by atoms with Gasteiger partial charge in [-0.2, -0.15) is 0 Å². The Kier molecular flexibility index (Phi) is 5.14. The lowest BCUT2D eigenvalue weighted by Crippen LogP contribution is -2.37. The van der Waals surface area contributed by atoms with E-state index in [1.807, 2.05) is 0 Å². The molecule has 2 rings (SSSR count). The number of ether oxygens (including phenoxy) is 1. The van der Waals surface area contributed by atoms with Crippen LogP contribution in [0.1, 0.15) is 25.0 Å². The largest absolute Gasteiger partial charge is 0.465 e. The van der Waals surface area contributed by atoms with Gasteiger partial charge in [-0.1, -0.05) is 17.7 Å². The van der Waals surface area contributed by atoms with Crippen LogP contribution in [0.25, 0.3) is 0 Å². The van der Waals surface area contributed by atoms with E-state index < -0.39 is 17.2 Å². The quantitative estimate of drug-likeness (QED) is 0.783. The molecule has 0 aliphatic rings. The first-order valence-corrected chi connectivity index (χ1v) is 7.37. The fourth-order valence-corrected chi connectivity index (χ4v) is 2.57. The molecule has 0 spiro atoms. The Labute approximate surface area is 134 Å². The van der Waals surface area contributed by atoms with Crippen LogP contribution < -0.4 is 0 Å². The summed E-state index contributed by atoms with van der Waals surface area (Å²) >= 11 is 5.80. The smallest absolute Gasteiger partial charge is 0.316 e. The molecule has 1 aromatic carbocycles. The van der Waals surface area contributed by atoms with Gasteiger partial charge in [0.1, 0.15) is 5.82 Å². The van der Waals surface area contributed by atoms with Crippen molar-refractivity contribution in [1.82, 2.24) is 4.98 Å². The summed E-state index contributed by atoms with van der Waals surface area (Å²) in [5.41, 5.74) is 0.0125. The molecule has 1 unspecified atom stereocenters. The van der Waals surface area contributed by atoms with Crippen LogP contribution in [0.5, 0.6) is 0 Å². The lowest BCUT2D eigenvalue weighted by molar-refractivity contribution is -0.149. The SMILES string of the molecule is CCOC(=O)C(C)(Cc1ccncc1)c1ccc(Cl)cc1F. The lowest BCUT2D eigenvalue weighted by atomic mass is 9.77. The first-order chi connectivity index (χ1) is 10.5. The van der Waals surface area contributed by atoms with Crippen LogP contribution >= 0.6 is 11.6 Å². The van der Waals surface area contributed by atoms with Crippen LogP contribution in [0.4, 0.5) is 4.39 Å². The van der Waals surface area contributed by atoms with Crippen molar-refractivity contribution in [3.63, 3.8) is 0 Å². The van der Waals surface area contributed by atoms with Crippen molar-refractivity contribution in [3.8, 4) is 0 Å². The molecular formula is C17H17ClFNO2. The number of rotatable bonds is 5. The van der Waals surface area contributed by atoms with Crippen LogP contribution in [0.3, 0.4) is 0 Å². The highest BCUT2D eigenvalue weighted by Gasteiger charge is 2.39. The Hall–Kier alpha value is -1.94. The molecule has 1 heterocycles. The second-order valence-corrected chi connectivity index (χ2v) is 5.65. The minimum absolute atomic E-state index is 0.236. The van der Waals surface area contributed by atoms with Crippen molar-refractivity contribution < 1.29 is 13.9 Å². The van der Waals surface area contributed by atoms with Crippen molar-refractivity contribution in [2.24, 2.45) is 0 Å². The van der Waals surface area contributed by atoms with E-state index in [4.69, 9.17) is 16.3 Å². The first-order valence-electron chi connectivity index (χ1n) is 6.99. The van der Waals surface area contributed by atoms with Gasteiger partial charge in [0.05, 0.1) is 12.0 Å². The summed E-state index contributed by atoms with van der Waals surface area (Å²) < 4.78 is 19.5. The summed E-state index contributed by atoms with van der Waals surface area (Å²) in [5.74, 6) is -0.981. The maximum absolute atomic E-state index is 14.3. The standard InChI is InChI=1S/C17H17ClFNO2/c1-3-22-16(21)17(2,11-12-6-8-20-9-7-12)14-5-4-13(18)10-15(14)19/h4-10H,3,11H2,1-2H3. The van der Waals surface area contributed by atoms with E-state index in [0.717, 1.165) is 5.56 Å². The third-order valence-electron chi connectivity index (χ3n) is 3.56. The van der Waals surface area contributed by atoms with Gasteiger partial charge in [-0.05, 0) is 50.1 Å². The molecule has 0 aliphatic carbocycles. The molecule has 5 heteroatoms. The predicted molar refractivity (Wildman–Crippen MR) is 83.3 cm³/mol. The van der Waals surface area contributed by atoms with Crippen molar-refractivity contribution in [2.75, 3.05) is 6.61 Å². The number of carbonyl (C=O) groups excluding carboxylic acids is 1. The van der Waals surface area contributed by atoms with Gasteiger partial charge in [0.2, 0.25) is 0 Å². The van der Waals surface area contributed by atoms with Crippen molar-refractivity contribution in [3.05, 3.63) is 64.7 Å². The Balaban J connectivity index is 2.47. The number of carbonyl (C=O) groups is 1. The topological polar surface area (TPSA) is 39.2 Å². The highest BCUT2D eigenvalue weighted by Crippen LogP contribution is 2.33. The Morgan fingerprint density at radius 2 is 2.00 bits per heavy atom. The van der Waals surface area contributed by atoms with Gasteiger partial charge >= 0.3 is 5.97 Å². The molecule has 0 fully saturated rings. The Morgan fingerprint density at radius 1 is 1.32 bits per heavy atom. The van der Waals surface area contributed by atoms with Crippen molar-refractivity contribution in [1.29, 1.82) is 0 Å². The molecule has 0 saturated carbocycles. The van der Waals surface area contributed by atoms with Crippen molar-refractivity contribution in [2.45, 2.75) is 25.7 Å². The zero-order chi connectivity index (χ0) is 16.2. The number of aromatic nitrogens is 1. The molecule has 0 amide bonds. The van der Waals surface area contributed by atoms with Crippen LogP contribution in [0.15, 0.2) is 42.7 Å². The van der Waals surface area contributed by atoms with E-state index in [9.17, 15) is 9.18 Å². The number of benzene rings is 1. The third-order valence-corrected chi connectivity index (χ3v) is 3.79. The summed E-state index contributed by atoms with van der Waals surface area (Å²) in [6.45, 7) is 3.64. The zero-order valence-electron chi connectivity index (χ0n) is 12.5. The van der Waals surface area contributed by atoms with E-state index in [1.54, 1.807) is 44.4 Å². The molecule has 22 heavy (non-hydrogen) atoms. The molecule has 0 bridgehead atoms. The van der Waals surface area contributed by atoms with Gasteiger partial charge in [-0.3, -0.25) is 9.78 Å². The van der Waals surface area contributed by atoms with Crippen molar-refractivity contribution >= 4 is 17.6 Å². The van der Waals surface area contributed by atoms with Crippen LogP contribution in [0, 0.1) is 5.82 Å². The molecule has 1 atom stereocenters. The lowest BCUT2D eigenvalue weighted by Gasteiger charge is -2.28. The van der Waals surface area contributed by atoms with E-state index in [0.29, 0.717) is 6.42 Å². The molecule has 0 aliphatic heterocycles. The molecule has 0 saturated heterocycles. The van der Waals surface area contributed by atoms with Gasteiger partial charge in [-0.15, -0.1) is 0 Å². The molecule has 0 radical (unpaired) electrons. The summed E-state index contributed by atoms with van der Waals surface area (Å²) in [7, 11) is 0. The predicted octanol–water partition coefficient (Wildman–Crippen LogP) is 3.94. The first kappa shape index (κ1) is 16.4. The summed E-state index contributed by atoms with van der Waals surface area (Å²) in [5, 5.41) is 0.288. The molecule has 3 nitrogen and oxygen atoms in total. The van der Waals surface area contributed by atoms with E-state index in [-0.39, 0.29) is 17.2 Å². The van der Waals surface area contributed by atoms with E-state index in [2.05, 4.69) is 4.98 Å². The van der Waals surface area contributed by atoms with Gasteiger partial charge in [0.15, 0.2) is 0 Å². The highest BCUT2D eigenvalue weighted by molar-refractivity contribution is 6.30. The van der Waals surface area contributed by atoms with Crippen LogP contribution in [0.2, 0.25) is 5.02 Å². The number of hydrogen-bond acceptors (Lipinski definition) is 3. The van der Waals surface area contributed by atoms with Crippen LogP contribution in [-0.4, -0.2) is 17.6 Å². The summed E-state index contributed by atoms with van der Waals surface area (Å²) in [6.07, 6.45) is 3.59. The van der Waals surface area contributed by atoms with E-state index >= 15 is 0 Å². The molecule has 1 aromatic heterocycles. The maximum atomic E-state index is 14.3. The molecular weight excluding hydrogens is 305 g/mol. The zero-order valence-corrected chi connectivity index (χ0v) is 13.2. The summed E-state index contributed by atoms with van der Waals surface area (Å²) in [4.78, 5) is 16.4. The van der Waals surface area contributed by atoms with Gasteiger partial charge < -0.3 is 4.74 Å². The second kappa shape index (κ2) is 6.88. The normalized spacial score (nSPS) is 13.5. The van der Waals surface area contributed by atoms with Gasteiger partial charge in [0, 0.05) is 23.0 Å². The number of hydrogen-bond donors (Lipinski definition) is 0. The molecule has 116 valence electrons. The Bertz CT molecular complexity index is 663. The maximum Gasteiger partial charge on any atom is 0.316 e. The minimum Gasteiger partial charge on any atom is -0.465 e. The highest BCUT2D eigenvalue weighted by atomic mass is 35.5. The van der Waals surface area contributed by atoms with Crippen LogP contribution in [-0.2, 0) is 21.4 Å². The monoisotopic (exact) mass is 321 g/mol. The number of nitrogens with zero attached hydrogens (tertiary/aromatic N) is 1. The average molecular weight is 322 g/mol. The van der Waals surface area contributed by atoms with Gasteiger partial charge in [-0.25, -0.2) is 4.39 Å². The van der Waals surface area contributed by atoms with E-state index in [1.165, 1.54) is 12.1 Å². The third kappa shape index (κ3) is 3.45. The fourth-order valence-electron chi connectivity index (χ4n) is 2.41. The molecule has 2 aromatic rings. The number of esters is 1. The fraction of sp³-hybridized carbons (Fsp3) is 0.294. The summed E-state index contributed by atoms with van der Waals surface area (Å²) in [6, 6.07) is 7.91. The number of halogens is 2. The second-order valence-electron chi connectivity index (χ2n) is 5.21. The number of pyridine rings is 1. The average Bonchev–Trinajstić information content (AvgIpc) is 2.48. The molecule has 0 N–H and O–H groups in total. The minimum atomic E-state index is -1.13.